The summed E-state index contributed by atoms with van der Waals surface area (Å²) in [5, 5.41) is 0. The fourth-order valence-corrected chi connectivity index (χ4v) is 10.3. The van der Waals surface area contributed by atoms with Gasteiger partial charge in [-0.05, 0) is 70.6 Å². The smallest absolute Gasteiger partial charge is 0.306 e. The minimum absolute atomic E-state index is 0.0696. The van der Waals surface area contributed by atoms with Crippen LogP contribution in [0, 0.1) is 0 Å². The highest BCUT2D eigenvalue weighted by molar-refractivity contribution is 5.71. The van der Waals surface area contributed by atoms with Gasteiger partial charge in [0, 0.05) is 19.3 Å². The van der Waals surface area contributed by atoms with Crippen LogP contribution in [0.15, 0.2) is 24.3 Å². The molecule has 0 aromatic carbocycles. The SMILES string of the molecule is CCCCCCCCC/C=C\CCCCCCCC(=O)OC(COC(=O)CCCCCCCC)COC(=O)CCCCCCCCCCCCCCCCCCCCCCCCC/C=C\CCCCCCCCCC. The molecule has 6 nitrogen and oxygen atoms in total. The van der Waals surface area contributed by atoms with Gasteiger partial charge in [-0.15, -0.1) is 0 Å². The summed E-state index contributed by atoms with van der Waals surface area (Å²) in [6, 6.07) is 0. The van der Waals surface area contributed by atoms with Gasteiger partial charge >= 0.3 is 17.9 Å². The Morgan fingerprint density at radius 1 is 0.253 bits per heavy atom. The van der Waals surface area contributed by atoms with Crippen LogP contribution in [-0.4, -0.2) is 37.2 Å². The van der Waals surface area contributed by atoms with Crippen molar-refractivity contribution in [3.05, 3.63) is 24.3 Å². The van der Waals surface area contributed by atoms with E-state index >= 15 is 0 Å². The summed E-state index contributed by atoms with van der Waals surface area (Å²) in [5.41, 5.74) is 0. The molecule has 0 radical (unpaired) electrons. The number of ether oxygens (including phenoxy) is 3. The maximum Gasteiger partial charge on any atom is 0.306 e. The standard InChI is InChI=1S/C69H130O6/c1-4-7-10-13-16-18-20-22-24-26-27-28-29-30-31-32-33-34-35-36-37-38-39-40-41-42-43-44-46-47-49-51-53-56-59-62-68(71)74-65-66(64-73-67(70)61-58-55-15-12-9-6-3)75-69(72)63-60-57-54-52-50-48-45-25-23-21-19-17-14-11-8-5-2/h25-27,45,66H,4-24,28-44,46-65H2,1-3H3/b27-26-,45-25-. The number of unbranched alkanes of at least 4 members (excludes halogenated alkanes) is 48. The molecule has 0 amide bonds. The van der Waals surface area contributed by atoms with Gasteiger partial charge < -0.3 is 14.2 Å². The molecule has 0 spiro atoms. The summed E-state index contributed by atoms with van der Waals surface area (Å²) in [6.07, 6.45) is 78.3. The summed E-state index contributed by atoms with van der Waals surface area (Å²) < 4.78 is 16.8. The zero-order valence-electron chi connectivity index (χ0n) is 50.8. The molecular weight excluding hydrogens is 925 g/mol. The maximum absolute atomic E-state index is 12.8. The van der Waals surface area contributed by atoms with Crippen LogP contribution in [0.25, 0.3) is 0 Å². The van der Waals surface area contributed by atoms with E-state index in [9.17, 15) is 14.4 Å². The topological polar surface area (TPSA) is 78.9 Å². The lowest BCUT2D eigenvalue weighted by Crippen LogP contribution is -2.30. The average Bonchev–Trinajstić information content (AvgIpc) is 3.41. The largest absolute Gasteiger partial charge is 0.462 e. The minimum Gasteiger partial charge on any atom is -0.462 e. The number of carbonyl (C=O) groups is 3. The van der Waals surface area contributed by atoms with Crippen molar-refractivity contribution in [1.82, 2.24) is 0 Å². The Balaban J connectivity index is 3.88. The molecule has 0 saturated heterocycles. The fraction of sp³-hybridized carbons (Fsp3) is 0.899. The van der Waals surface area contributed by atoms with Crippen molar-refractivity contribution in [3.8, 4) is 0 Å². The molecule has 0 aliphatic heterocycles. The van der Waals surface area contributed by atoms with Gasteiger partial charge in [0.05, 0.1) is 0 Å². The first-order valence-corrected chi connectivity index (χ1v) is 33.8. The Kier molecular flexibility index (Phi) is 62.6. The van der Waals surface area contributed by atoms with E-state index in [1.165, 1.54) is 276 Å². The van der Waals surface area contributed by atoms with E-state index in [0.29, 0.717) is 19.3 Å². The molecule has 0 rings (SSSR count). The Morgan fingerprint density at radius 2 is 0.440 bits per heavy atom. The Bertz CT molecular complexity index is 1210. The molecule has 0 aromatic heterocycles. The lowest BCUT2D eigenvalue weighted by Gasteiger charge is -2.18. The van der Waals surface area contributed by atoms with E-state index in [-0.39, 0.29) is 31.1 Å². The second-order valence-electron chi connectivity index (χ2n) is 23.1. The van der Waals surface area contributed by atoms with Crippen molar-refractivity contribution in [2.24, 2.45) is 0 Å². The van der Waals surface area contributed by atoms with Crippen LogP contribution in [-0.2, 0) is 28.6 Å². The number of esters is 3. The highest BCUT2D eigenvalue weighted by Crippen LogP contribution is 2.18. The van der Waals surface area contributed by atoms with Crippen LogP contribution < -0.4 is 0 Å². The molecule has 0 fully saturated rings. The molecule has 0 aliphatic rings. The highest BCUT2D eigenvalue weighted by Gasteiger charge is 2.19. The molecule has 0 saturated carbocycles. The summed E-state index contributed by atoms with van der Waals surface area (Å²) in [5.74, 6) is -0.866. The highest BCUT2D eigenvalue weighted by atomic mass is 16.6. The quantitative estimate of drug-likeness (QED) is 0.0261. The molecular formula is C69H130O6. The van der Waals surface area contributed by atoms with Gasteiger partial charge in [-0.2, -0.15) is 0 Å². The molecule has 1 unspecified atom stereocenters. The van der Waals surface area contributed by atoms with Crippen molar-refractivity contribution >= 4 is 17.9 Å². The molecule has 0 N–H and O–H groups in total. The summed E-state index contributed by atoms with van der Waals surface area (Å²) in [7, 11) is 0. The van der Waals surface area contributed by atoms with Crippen molar-refractivity contribution in [2.45, 2.75) is 386 Å². The minimum atomic E-state index is -0.769. The summed E-state index contributed by atoms with van der Waals surface area (Å²) >= 11 is 0. The van der Waals surface area contributed by atoms with E-state index in [0.717, 1.165) is 64.2 Å². The number of carbonyl (C=O) groups excluding carboxylic acids is 3. The van der Waals surface area contributed by atoms with E-state index < -0.39 is 6.10 Å². The second-order valence-corrected chi connectivity index (χ2v) is 23.1. The van der Waals surface area contributed by atoms with Crippen LogP contribution >= 0.6 is 0 Å². The molecule has 6 heteroatoms. The van der Waals surface area contributed by atoms with Gasteiger partial charge in [0.25, 0.3) is 0 Å². The first kappa shape index (κ1) is 72.9. The molecule has 0 aliphatic carbocycles. The van der Waals surface area contributed by atoms with Gasteiger partial charge in [-0.1, -0.05) is 315 Å². The Morgan fingerprint density at radius 3 is 0.667 bits per heavy atom. The normalized spacial score (nSPS) is 12.1. The van der Waals surface area contributed by atoms with Crippen molar-refractivity contribution in [1.29, 1.82) is 0 Å². The predicted molar refractivity (Wildman–Crippen MR) is 326 cm³/mol. The van der Waals surface area contributed by atoms with Gasteiger partial charge in [-0.25, -0.2) is 0 Å². The molecule has 442 valence electrons. The predicted octanol–water partition coefficient (Wildman–Crippen LogP) is 23.0. The maximum atomic E-state index is 12.8. The van der Waals surface area contributed by atoms with Gasteiger partial charge in [0.1, 0.15) is 13.2 Å². The van der Waals surface area contributed by atoms with Gasteiger partial charge in [0.2, 0.25) is 0 Å². The molecule has 0 bridgehead atoms. The number of hydrogen-bond acceptors (Lipinski definition) is 6. The lowest BCUT2D eigenvalue weighted by molar-refractivity contribution is -0.167. The number of allylic oxidation sites excluding steroid dienone is 4. The van der Waals surface area contributed by atoms with E-state index in [4.69, 9.17) is 14.2 Å². The second kappa shape index (κ2) is 64.4. The van der Waals surface area contributed by atoms with E-state index in [2.05, 4.69) is 45.1 Å². The Labute approximate surface area is 468 Å². The van der Waals surface area contributed by atoms with Gasteiger partial charge in [-0.3, -0.25) is 14.4 Å². The molecule has 0 aromatic rings. The van der Waals surface area contributed by atoms with Crippen molar-refractivity contribution in [2.75, 3.05) is 13.2 Å². The van der Waals surface area contributed by atoms with Crippen LogP contribution in [0.2, 0.25) is 0 Å². The first-order valence-electron chi connectivity index (χ1n) is 33.8. The van der Waals surface area contributed by atoms with Crippen LogP contribution in [0.5, 0.6) is 0 Å². The zero-order valence-corrected chi connectivity index (χ0v) is 50.8. The van der Waals surface area contributed by atoms with E-state index in [1.807, 2.05) is 0 Å². The monoisotopic (exact) mass is 1050 g/mol. The number of hydrogen-bond donors (Lipinski definition) is 0. The third-order valence-corrected chi connectivity index (χ3v) is 15.4. The molecule has 0 heterocycles. The molecule has 75 heavy (non-hydrogen) atoms. The fourth-order valence-electron chi connectivity index (χ4n) is 10.3. The van der Waals surface area contributed by atoms with Crippen LogP contribution in [0.3, 0.4) is 0 Å². The van der Waals surface area contributed by atoms with Crippen LogP contribution in [0.4, 0.5) is 0 Å². The van der Waals surface area contributed by atoms with Crippen molar-refractivity contribution in [3.63, 3.8) is 0 Å². The Hall–Kier alpha value is -2.11. The third kappa shape index (κ3) is 62.6. The lowest BCUT2D eigenvalue weighted by atomic mass is 10.0. The van der Waals surface area contributed by atoms with E-state index in [1.54, 1.807) is 0 Å². The molecule has 1 atom stereocenters. The number of rotatable bonds is 63. The van der Waals surface area contributed by atoms with Gasteiger partial charge in [0.15, 0.2) is 6.10 Å². The summed E-state index contributed by atoms with van der Waals surface area (Å²) in [4.78, 5) is 38.0. The first-order chi connectivity index (χ1) is 37.0. The van der Waals surface area contributed by atoms with Crippen molar-refractivity contribution < 1.29 is 28.6 Å². The average molecular weight is 1060 g/mol. The zero-order chi connectivity index (χ0) is 54.3. The third-order valence-electron chi connectivity index (χ3n) is 15.4. The summed E-state index contributed by atoms with van der Waals surface area (Å²) in [6.45, 7) is 6.62. The van der Waals surface area contributed by atoms with Crippen LogP contribution in [0.1, 0.15) is 380 Å².